The van der Waals surface area contributed by atoms with Crippen LogP contribution in [0.15, 0.2) is 58.5 Å². The molecule has 2 aromatic carbocycles. The van der Waals surface area contributed by atoms with Crippen LogP contribution in [0.4, 0.5) is 11.4 Å². The molecular formula is C21H22N4O7S2. The summed E-state index contributed by atoms with van der Waals surface area (Å²) < 4.78 is 62.5. The van der Waals surface area contributed by atoms with Crippen molar-refractivity contribution >= 4 is 48.3 Å². The zero-order chi connectivity index (χ0) is 24.5. The second-order valence-electron chi connectivity index (χ2n) is 7.40. The first kappa shape index (κ1) is 24.0. The molecule has 1 aliphatic rings. The highest BCUT2D eigenvalue weighted by atomic mass is 32.2. The summed E-state index contributed by atoms with van der Waals surface area (Å²) in [5, 5.41) is 8.51. The number of nitrogens with two attached hydrogens (primary N) is 1. The number of hydrogen-bond acceptors (Lipinski definition) is 9. The average molecular weight is 507 g/mol. The molecule has 0 unspecified atom stereocenters. The van der Waals surface area contributed by atoms with Crippen molar-refractivity contribution in [3.63, 3.8) is 0 Å². The molecule has 4 rings (SSSR count). The summed E-state index contributed by atoms with van der Waals surface area (Å²) in [6, 6.07) is 10.3. The van der Waals surface area contributed by atoms with E-state index in [1.807, 2.05) is 0 Å². The standard InChI is InChI=1S/C21H22N4O7S2/c1-31-21(26)15-4-2-3-5-18(15)24-20-16-12-14(33(22,27)28)6-7-17(16)23-13-19(20)34(29,30)25-8-10-32-11-9-25/h2-7,12-13H,8-11H2,1H3,(H,23,24)(H2,22,27,28). The normalized spacial score (nSPS) is 15.2. The van der Waals surface area contributed by atoms with Gasteiger partial charge in [0.05, 0.1) is 47.7 Å². The number of anilines is 2. The van der Waals surface area contributed by atoms with Crippen LogP contribution in [-0.2, 0) is 29.5 Å². The maximum Gasteiger partial charge on any atom is 0.339 e. The number of pyridine rings is 1. The summed E-state index contributed by atoms with van der Waals surface area (Å²) in [6.45, 7) is 0.777. The van der Waals surface area contributed by atoms with Crippen LogP contribution in [0, 0.1) is 0 Å². The molecule has 1 saturated heterocycles. The predicted molar refractivity (Wildman–Crippen MR) is 124 cm³/mol. The van der Waals surface area contributed by atoms with Crippen LogP contribution in [0.3, 0.4) is 0 Å². The number of methoxy groups -OCH3 is 1. The molecule has 2 heterocycles. The minimum absolute atomic E-state index is 0.0540. The molecule has 0 amide bonds. The summed E-state index contributed by atoms with van der Waals surface area (Å²) in [4.78, 5) is 16.1. The minimum atomic E-state index is -4.08. The van der Waals surface area contributed by atoms with Crippen molar-refractivity contribution in [3.8, 4) is 0 Å². The van der Waals surface area contributed by atoms with Crippen molar-refractivity contribution in [2.24, 2.45) is 5.14 Å². The lowest BCUT2D eigenvalue weighted by Gasteiger charge is -2.27. The van der Waals surface area contributed by atoms with E-state index in [0.717, 1.165) is 0 Å². The predicted octanol–water partition coefficient (Wildman–Crippen LogP) is 1.43. The third kappa shape index (κ3) is 4.60. The zero-order valence-corrected chi connectivity index (χ0v) is 19.7. The number of sulfonamides is 2. The number of nitrogens with one attached hydrogen (secondary N) is 1. The van der Waals surface area contributed by atoms with Crippen LogP contribution >= 0.6 is 0 Å². The molecule has 11 nitrogen and oxygen atoms in total. The Labute approximate surface area is 196 Å². The first-order valence-electron chi connectivity index (χ1n) is 10.1. The van der Waals surface area contributed by atoms with Crippen molar-refractivity contribution in [2.75, 3.05) is 38.7 Å². The monoisotopic (exact) mass is 506 g/mol. The second-order valence-corrected chi connectivity index (χ2v) is 10.9. The number of rotatable bonds is 6. The van der Waals surface area contributed by atoms with Crippen LogP contribution in [0.25, 0.3) is 10.9 Å². The summed E-state index contributed by atoms with van der Waals surface area (Å²) >= 11 is 0. The van der Waals surface area contributed by atoms with Crippen molar-refractivity contribution in [3.05, 3.63) is 54.2 Å². The second kappa shape index (κ2) is 9.27. The lowest BCUT2D eigenvalue weighted by molar-refractivity contribution is 0.0602. The Morgan fingerprint density at radius 2 is 1.82 bits per heavy atom. The largest absolute Gasteiger partial charge is 0.465 e. The van der Waals surface area contributed by atoms with Gasteiger partial charge >= 0.3 is 5.97 Å². The first-order valence-corrected chi connectivity index (χ1v) is 13.1. The fourth-order valence-electron chi connectivity index (χ4n) is 3.60. The third-order valence-electron chi connectivity index (χ3n) is 5.31. The highest BCUT2D eigenvalue weighted by Gasteiger charge is 2.31. The van der Waals surface area contributed by atoms with Gasteiger partial charge in [0.2, 0.25) is 20.0 Å². The Hall–Kier alpha value is -3.10. The minimum Gasteiger partial charge on any atom is -0.465 e. The van der Waals surface area contributed by atoms with Crippen molar-refractivity contribution < 1.29 is 31.1 Å². The van der Waals surface area contributed by atoms with E-state index in [2.05, 4.69) is 10.3 Å². The molecule has 1 fully saturated rings. The maximum atomic E-state index is 13.6. The van der Waals surface area contributed by atoms with E-state index in [0.29, 0.717) is 5.52 Å². The number of nitrogens with zero attached hydrogens (tertiary/aromatic N) is 2. The molecule has 0 radical (unpaired) electrons. The van der Waals surface area contributed by atoms with Gasteiger partial charge in [0.15, 0.2) is 0 Å². The number of aromatic nitrogens is 1. The van der Waals surface area contributed by atoms with Gasteiger partial charge in [-0.2, -0.15) is 4.31 Å². The van der Waals surface area contributed by atoms with Gasteiger partial charge in [-0.3, -0.25) is 4.98 Å². The summed E-state index contributed by atoms with van der Waals surface area (Å²) in [6.07, 6.45) is 1.20. The molecule has 1 aromatic heterocycles. The highest BCUT2D eigenvalue weighted by Crippen LogP contribution is 2.35. The molecule has 0 saturated carbocycles. The third-order valence-corrected chi connectivity index (χ3v) is 8.13. The maximum absolute atomic E-state index is 13.6. The molecule has 180 valence electrons. The van der Waals surface area contributed by atoms with Gasteiger partial charge in [-0.1, -0.05) is 12.1 Å². The van der Waals surface area contributed by atoms with E-state index in [-0.39, 0.29) is 58.4 Å². The zero-order valence-electron chi connectivity index (χ0n) is 18.1. The number of fused-ring (bicyclic) bond motifs is 1. The van der Waals surface area contributed by atoms with E-state index >= 15 is 0 Å². The molecular weight excluding hydrogens is 484 g/mol. The van der Waals surface area contributed by atoms with E-state index in [4.69, 9.17) is 14.6 Å². The van der Waals surface area contributed by atoms with Gasteiger partial charge in [0, 0.05) is 24.7 Å². The number of carbonyl (C=O) groups excluding carboxylic acids is 1. The fraction of sp³-hybridized carbons (Fsp3) is 0.238. The lowest BCUT2D eigenvalue weighted by atomic mass is 10.1. The van der Waals surface area contributed by atoms with Gasteiger partial charge in [0.1, 0.15) is 4.90 Å². The van der Waals surface area contributed by atoms with Crippen LogP contribution < -0.4 is 10.5 Å². The lowest BCUT2D eigenvalue weighted by Crippen LogP contribution is -2.40. The molecule has 0 atom stereocenters. The van der Waals surface area contributed by atoms with E-state index in [1.54, 1.807) is 18.2 Å². The first-order chi connectivity index (χ1) is 16.1. The molecule has 1 aliphatic heterocycles. The Balaban J connectivity index is 1.98. The van der Waals surface area contributed by atoms with Crippen molar-refractivity contribution in [1.82, 2.24) is 9.29 Å². The fourth-order valence-corrected chi connectivity index (χ4v) is 5.65. The van der Waals surface area contributed by atoms with Gasteiger partial charge in [-0.05, 0) is 30.3 Å². The average Bonchev–Trinajstić information content (AvgIpc) is 2.83. The van der Waals surface area contributed by atoms with Crippen LogP contribution in [0.2, 0.25) is 0 Å². The van der Waals surface area contributed by atoms with Crippen LogP contribution in [0.5, 0.6) is 0 Å². The topological polar surface area (TPSA) is 158 Å². The smallest absolute Gasteiger partial charge is 0.339 e. The number of ether oxygens (including phenoxy) is 2. The van der Waals surface area contributed by atoms with Crippen molar-refractivity contribution in [1.29, 1.82) is 0 Å². The Bertz CT molecular complexity index is 1470. The van der Waals surface area contributed by atoms with Crippen LogP contribution in [-0.4, -0.2) is 65.5 Å². The molecule has 13 heteroatoms. The van der Waals surface area contributed by atoms with Gasteiger partial charge < -0.3 is 14.8 Å². The summed E-state index contributed by atoms with van der Waals surface area (Å²) in [7, 11) is -6.91. The van der Waals surface area contributed by atoms with Gasteiger partial charge in [-0.25, -0.2) is 26.8 Å². The Morgan fingerprint density at radius 1 is 1.12 bits per heavy atom. The Morgan fingerprint density at radius 3 is 2.50 bits per heavy atom. The quantitative estimate of drug-likeness (QED) is 0.472. The molecule has 3 aromatic rings. The number of morpholine rings is 1. The van der Waals surface area contributed by atoms with Gasteiger partial charge in [-0.15, -0.1) is 0 Å². The van der Waals surface area contributed by atoms with E-state index in [9.17, 15) is 21.6 Å². The summed E-state index contributed by atoms with van der Waals surface area (Å²) in [5.41, 5.74) is 0.804. The van der Waals surface area contributed by atoms with Gasteiger partial charge in [0.25, 0.3) is 0 Å². The molecule has 3 N–H and O–H groups in total. The molecule has 0 bridgehead atoms. The summed E-state index contributed by atoms with van der Waals surface area (Å²) in [5.74, 6) is -0.635. The number of carbonyl (C=O) groups is 1. The van der Waals surface area contributed by atoms with E-state index in [1.165, 1.54) is 41.9 Å². The Kier molecular flexibility index (Phi) is 6.55. The molecule has 0 aliphatic carbocycles. The SMILES string of the molecule is COC(=O)c1ccccc1Nc1c(S(=O)(=O)N2CCOCC2)cnc2ccc(S(N)(=O)=O)cc12. The van der Waals surface area contributed by atoms with Crippen LogP contribution in [0.1, 0.15) is 10.4 Å². The number of para-hydroxylation sites is 1. The highest BCUT2D eigenvalue weighted by molar-refractivity contribution is 7.89. The van der Waals surface area contributed by atoms with Crippen molar-refractivity contribution in [2.45, 2.75) is 9.79 Å². The number of hydrogen-bond donors (Lipinski definition) is 2. The number of benzene rings is 2. The number of esters is 1. The molecule has 34 heavy (non-hydrogen) atoms. The van der Waals surface area contributed by atoms with E-state index < -0.39 is 26.0 Å². The number of primary sulfonamides is 1. The molecule has 0 spiro atoms.